The number of anilines is 1. The van der Waals surface area contributed by atoms with Crippen molar-refractivity contribution in [2.24, 2.45) is 0 Å². The highest BCUT2D eigenvalue weighted by Gasteiger charge is 2.34. The molecule has 0 spiro atoms. The number of ether oxygens (including phenoxy) is 1. The topological polar surface area (TPSA) is 75.7 Å². The summed E-state index contributed by atoms with van der Waals surface area (Å²) in [6.45, 7) is 0.990. The van der Waals surface area contributed by atoms with E-state index in [2.05, 4.69) is 5.32 Å². The first-order chi connectivity index (χ1) is 13.4. The summed E-state index contributed by atoms with van der Waals surface area (Å²) in [5.41, 5.74) is -1.28. The van der Waals surface area contributed by atoms with Crippen molar-refractivity contribution in [3.8, 4) is 5.75 Å². The highest BCUT2D eigenvalue weighted by molar-refractivity contribution is 7.89. The van der Waals surface area contributed by atoms with Crippen LogP contribution >= 0.6 is 0 Å². The summed E-state index contributed by atoms with van der Waals surface area (Å²) in [6, 6.07) is 6.11. The molecule has 158 valence electrons. The molecule has 0 radical (unpaired) electrons. The number of alkyl halides is 3. The molecule has 29 heavy (non-hydrogen) atoms. The number of hydrogen-bond acceptors (Lipinski definition) is 4. The van der Waals surface area contributed by atoms with Crippen molar-refractivity contribution in [3.05, 3.63) is 53.3 Å². The Morgan fingerprint density at radius 2 is 1.83 bits per heavy atom. The summed E-state index contributed by atoms with van der Waals surface area (Å²) >= 11 is 0. The van der Waals surface area contributed by atoms with Gasteiger partial charge in [0.05, 0.1) is 24.1 Å². The normalized spacial score (nSPS) is 12.1. The zero-order chi connectivity index (χ0) is 22.0. The van der Waals surface area contributed by atoms with Crippen molar-refractivity contribution in [2.75, 3.05) is 26.0 Å². The van der Waals surface area contributed by atoms with Crippen LogP contribution in [-0.4, -0.2) is 39.3 Å². The van der Waals surface area contributed by atoms with Gasteiger partial charge in [-0.2, -0.15) is 17.5 Å². The summed E-state index contributed by atoms with van der Waals surface area (Å²) in [5.74, 6) is -1.88. The number of nitrogens with one attached hydrogen (secondary N) is 1. The number of benzene rings is 2. The van der Waals surface area contributed by atoms with Gasteiger partial charge in [0.2, 0.25) is 15.9 Å². The smallest absolute Gasteiger partial charge is 0.419 e. The first-order valence-electron chi connectivity index (χ1n) is 8.14. The van der Waals surface area contributed by atoms with Crippen molar-refractivity contribution in [1.82, 2.24) is 4.31 Å². The highest BCUT2D eigenvalue weighted by Crippen LogP contribution is 2.33. The zero-order valence-electron chi connectivity index (χ0n) is 15.7. The molecule has 0 aliphatic rings. The third-order valence-electron chi connectivity index (χ3n) is 4.00. The van der Waals surface area contributed by atoms with E-state index in [0.717, 1.165) is 17.4 Å². The van der Waals surface area contributed by atoms with Gasteiger partial charge in [-0.3, -0.25) is 4.79 Å². The van der Waals surface area contributed by atoms with E-state index in [-0.39, 0.29) is 10.6 Å². The molecule has 6 nitrogen and oxygen atoms in total. The Morgan fingerprint density at radius 1 is 1.17 bits per heavy atom. The number of sulfonamides is 1. The molecule has 1 N–H and O–H groups in total. The van der Waals surface area contributed by atoms with E-state index in [9.17, 15) is 30.8 Å². The number of methoxy groups -OCH3 is 1. The molecule has 0 aliphatic carbocycles. The number of hydrogen-bond donors (Lipinski definition) is 1. The van der Waals surface area contributed by atoms with E-state index >= 15 is 0 Å². The highest BCUT2D eigenvalue weighted by atomic mass is 32.2. The minimum atomic E-state index is -4.93. The summed E-state index contributed by atoms with van der Waals surface area (Å²) < 4.78 is 82.6. The van der Waals surface area contributed by atoms with Crippen molar-refractivity contribution >= 4 is 21.6 Å². The van der Waals surface area contributed by atoms with Crippen LogP contribution in [0.4, 0.5) is 23.2 Å². The Morgan fingerprint density at radius 3 is 2.38 bits per heavy atom. The summed E-state index contributed by atoms with van der Waals surface area (Å²) in [4.78, 5) is 12.0. The molecule has 0 atom stereocenters. The van der Waals surface area contributed by atoms with Gasteiger partial charge in [-0.25, -0.2) is 12.8 Å². The van der Waals surface area contributed by atoms with Crippen LogP contribution in [0.2, 0.25) is 0 Å². The van der Waals surface area contributed by atoms with Gasteiger partial charge in [-0.15, -0.1) is 0 Å². The van der Waals surface area contributed by atoms with Crippen molar-refractivity contribution in [3.63, 3.8) is 0 Å². The number of nitrogens with zero attached hydrogens (tertiary/aromatic N) is 1. The van der Waals surface area contributed by atoms with E-state index in [0.29, 0.717) is 23.4 Å². The Labute approximate surface area is 165 Å². The molecule has 2 rings (SSSR count). The fraction of sp³-hybridized carbons (Fsp3) is 0.278. The van der Waals surface area contributed by atoms with Gasteiger partial charge in [0.25, 0.3) is 0 Å². The van der Waals surface area contributed by atoms with E-state index in [1.165, 1.54) is 25.3 Å². The van der Waals surface area contributed by atoms with Gasteiger partial charge in [0, 0.05) is 12.7 Å². The fourth-order valence-corrected chi connectivity index (χ4v) is 3.71. The third kappa shape index (κ3) is 5.24. The number of likely N-dealkylation sites (N-methyl/N-ethyl adjacent to an activating group) is 1. The molecular formula is C18H18F4N2O4S. The molecule has 11 heteroatoms. The number of rotatable bonds is 6. The standard InChI is InChI=1S/C18H18F4N2O4S/c1-11-8-13(5-7-16(11)28-3)29(26,27)24(2)10-17(25)23-12-4-6-15(19)14(9-12)18(20,21)22/h4-9H,10H2,1-3H3,(H,23,25). The molecule has 0 unspecified atom stereocenters. The second kappa shape index (κ2) is 8.37. The number of carbonyl (C=O) groups excluding carboxylic acids is 1. The Balaban J connectivity index is 2.15. The molecule has 2 aromatic carbocycles. The molecule has 0 saturated carbocycles. The van der Waals surface area contributed by atoms with Crippen molar-refractivity contribution in [2.45, 2.75) is 18.0 Å². The maximum atomic E-state index is 13.3. The molecule has 0 heterocycles. The first-order valence-corrected chi connectivity index (χ1v) is 9.58. The predicted molar refractivity (Wildman–Crippen MR) is 97.6 cm³/mol. The Hall–Kier alpha value is -2.66. The fourth-order valence-electron chi connectivity index (χ4n) is 2.50. The van der Waals surface area contributed by atoms with E-state index < -0.39 is 40.0 Å². The van der Waals surface area contributed by atoms with Crippen LogP contribution in [0.15, 0.2) is 41.3 Å². The van der Waals surface area contributed by atoms with Gasteiger partial charge >= 0.3 is 6.18 Å². The van der Waals surface area contributed by atoms with Gasteiger partial charge in [0.1, 0.15) is 11.6 Å². The molecule has 0 fully saturated rings. The van der Waals surface area contributed by atoms with Crippen LogP contribution in [0.25, 0.3) is 0 Å². The van der Waals surface area contributed by atoms with Gasteiger partial charge in [0.15, 0.2) is 0 Å². The van der Waals surface area contributed by atoms with Gasteiger partial charge in [-0.1, -0.05) is 0 Å². The number of amides is 1. The molecule has 0 bridgehead atoms. The lowest BCUT2D eigenvalue weighted by atomic mass is 10.2. The molecule has 0 aromatic heterocycles. The minimum Gasteiger partial charge on any atom is -0.496 e. The second-order valence-corrected chi connectivity index (χ2v) is 8.18. The number of halogens is 4. The van der Waals surface area contributed by atoms with Crippen LogP contribution < -0.4 is 10.1 Å². The average molecular weight is 434 g/mol. The van der Waals surface area contributed by atoms with Crippen LogP contribution in [0, 0.1) is 12.7 Å². The maximum absolute atomic E-state index is 13.3. The average Bonchev–Trinajstić information content (AvgIpc) is 2.62. The Kier molecular flexibility index (Phi) is 6.53. The lowest BCUT2D eigenvalue weighted by molar-refractivity contribution is -0.140. The van der Waals surface area contributed by atoms with Crippen molar-refractivity contribution in [1.29, 1.82) is 0 Å². The van der Waals surface area contributed by atoms with Gasteiger partial charge < -0.3 is 10.1 Å². The lowest BCUT2D eigenvalue weighted by Gasteiger charge is -2.18. The van der Waals surface area contributed by atoms with E-state index in [4.69, 9.17) is 4.74 Å². The summed E-state index contributed by atoms with van der Waals surface area (Å²) in [6.07, 6.45) is -4.93. The van der Waals surface area contributed by atoms with Crippen LogP contribution in [-0.2, 0) is 21.0 Å². The quantitative estimate of drug-likeness (QED) is 0.707. The molecule has 0 saturated heterocycles. The predicted octanol–water partition coefficient (Wildman–Crippen LogP) is 3.42. The number of aryl methyl sites for hydroxylation is 1. The summed E-state index contributed by atoms with van der Waals surface area (Å²) in [5, 5.41) is 2.13. The SMILES string of the molecule is COc1ccc(S(=O)(=O)N(C)CC(=O)Nc2ccc(F)c(C(F)(F)F)c2)cc1C. The minimum absolute atomic E-state index is 0.0766. The number of carbonyl (C=O) groups is 1. The molecule has 2 aromatic rings. The summed E-state index contributed by atoms with van der Waals surface area (Å²) in [7, 11) is -1.44. The van der Waals surface area contributed by atoms with Crippen LogP contribution in [0.5, 0.6) is 5.75 Å². The van der Waals surface area contributed by atoms with Crippen molar-refractivity contribution < 1.29 is 35.5 Å². The van der Waals surface area contributed by atoms with Crippen LogP contribution in [0.1, 0.15) is 11.1 Å². The van der Waals surface area contributed by atoms with Gasteiger partial charge in [-0.05, 0) is 48.9 Å². The molecule has 0 aliphatic heterocycles. The molecular weight excluding hydrogens is 416 g/mol. The largest absolute Gasteiger partial charge is 0.496 e. The molecule has 1 amide bonds. The second-order valence-electron chi connectivity index (χ2n) is 6.13. The van der Waals surface area contributed by atoms with E-state index in [1.54, 1.807) is 6.92 Å². The monoisotopic (exact) mass is 434 g/mol. The lowest BCUT2D eigenvalue weighted by Crippen LogP contribution is -2.35. The zero-order valence-corrected chi connectivity index (χ0v) is 16.5. The van der Waals surface area contributed by atoms with E-state index in [1.807, 2.05) is 0 Å². The maximum Gasteiger partial charge on any atom is 0.419 e. The first kappa shape index (κ1) is 22.6. The third-order valence-corrected chi connectivity index (χ3v) is 5.80. The Bertz CT molecular complexity index is 1020. The van der Waals surface area contributed by atoms with Crippen LogP contribution in [0.3, 0.4) is 0 Å².